The van der Waals surface area contributed by atoms with Crippen LogP contribution < -0.4 is 5.73 Å². The van der Waals surface area contributed by atoms with Crippen LogP contribution in [0.5, 0.6) is 0 Å². The van der Waals surface area contributed by atoms with E-state index in [1.54, 1.807) is 18.0 Å². The van der Waals surface area contributed by atoms with Crippen LogP contribution in [-0.2, 0) is 0 Å². The van der Waals surface area contributed by atoms with E-state index >= 15 is 0 Å². The number of nitrogens with zero attached hydrogens (tertiary/aromatic N) is 1. The van der Waals surface area contributed by atoms with E-state index in [9.17, 15) is 0 Å². The van der Waals surface area contributed by atoms with E-state index in [-0.39, 0.29) is 11.3 Å². The van der Waals surface area contributed by atoms with Crippen molar-refractivity contribution in [3.63, 3.8) is 0 Å². The van der Waals surface area contributed by atoms with E-state index in [1.807, 2.05) is 36.4 Å². The molecule has 1 aromatic carbocycles. The van der Waals surface area contributed by atoms with Crippen LogP contribution in [0.25, 0.3) is 0 Å². The van der Waals surface area contributed by atoms with Gasteiger partial charge >= 0.3 is 0 Å². The Morgan fingerprint density at radius 2 is 2.00 bits per heavy atom. The first-order valence-corrected chi connectivity index (χ1v) is 8.45. The number of aromatic nitrogens is 1. The summed E-state index contributed by atoms with van der Waals surface area (Å²) in [6.45, 7) is 2.10. The van der Waals surface area contributed by atoms with Gasteiger partial charge in [0.15, 0.2) is 0 Å². The minimum absolute atomic E-state index is 0.0649. The summed E-state index contributed by atoms with van der Waals surface area (Å²) in [6, 6.07) is 11.8. The first-order valence-electron chi connectivity index (χ1n) is 6.40. The number of benzene rings is 1. The number of halogens is 2. The summed E-state index contributed by atoms with van der Waals surface area (Å²) in [5.41, 5.74) is 7.46. The molecule has 2 aromatic rings. The quantitative estimate of drug-likeness (QED) is 0.746. The maximum Gasteiger partial charge on any atom is 0.111 e. The Kier molecular flexibility index (Phi) is 5.90. The average molecular weight is 372 g/mol. The van der Waals surface area contributed by atoms with Gasteiger partial charge in [-0.05, 0) is 52.2 Å². The maximum absolute atomic E-state index is 6.29. The second-order valence-electron chi connectivity index (χ2n) is 4.45. The van der Waals surface area contributed by atoms with E-state index < -0.39 is 0 Å². The van der Waals surface area contributed by atoms with Gasteiger partial charge in [-0.3, -0.25) is 0 Å². The molecule has 2 unspecified atom stereocenters. The van der Waals surface area contributed by atoms with Gasteiger partial charge in [-0.1, -0.05) is 42.4 Å². The lowest BCUT2D eigenvalue weighted by molar-refractivity contribution is 0.633. The summed E-state index contributed by atoms with van der Waals surface area (Å²) in [7, 11) is 0. The fourth-order valence-corrected chi connectivity index (χ4v) is 3.71. The van der Waals surface area contributed by atoms with E-state index in [1.165, 1.54) is 5.56 Å². The molecule has 20 heavy (non-hydrogen) atoms. The summed E-state index contributed by atoms with van der Waals surface area (Å²) in [4.78, 5) is 4.41. The van der Waals surface area contributed by atoms with Gasteiger partial charge in [-0.15, -0.1) is 0 Å². The monoisotopic (exact) mass is 370 g/mol. The lowest BCUT2D eigenvalue weighted by Gasteiger charge is -2.23. The van der Waals surface area contributed by atoms with Crippen molar-refractivity contribution in [2.45, 2.75) is 29.7 Å². The van der Waals surface area contributed by atoms with Crippen LogP contribution in [0.2, 0.25) is 5.02 Å². The molecule has 0 aliphatic carbocycles. The topological polar surface area (TPSA) is 38.9 Å². The van der Waals surface area contributed by atoms with Crippen LogP contribution in [0.15, 0.2) is 52.1 Å². The third-order valence-corrected chi connectivity index (χ3v) is 5.60. The predicted octanol–water partition coefficient (Wildman–Crippen LogP) is 5.07. The molecule has 1 heterocycles. The second kappa shape index (κ2) is 7.46. The van der Waals surface area contributed by atoms with Crippen LogP contribution in [0, 0.1) is 0 Å². The summed E-state index contributed by atoms with van der Waals surface area (Å²) in [6.07, 6.45) is 2.70. The fourth-order valence-electron chi connectivity index (χ4n) is 1.85. The number of hydrogen-bond acceptors (Lipinski definition) is 3. The van der Waals surface area contributed by atoms with Crippen LogP contribution in [0.3, 0.4) is 0 Å². The van der Waals surface area contributed by atoms with Crippen molar-refractivity contribution in [3.05, 3.63) is 57.7 Å². The van der Waals surface area contributed by atoms with Gasteiger partial charge in [-0.2, -0.15) is 0 Å². The number of pyridine rings is 1. The van der Waals surface area contributed by atoms with Crippen molar-refractivity contribution in [3.8, 4) is 0 Å². The van der Waals surface area contributed by atoms with Gasteiger partial charge in [0.05, 0.1) is 5.25 Å². The summed E-state index contributed by atoms with van der Waals surface area (Å²) in [5, 5.41) is 1.85. The Morgan fingerprint density at radius 1 is 1.30 bits per heavy atom. The maximum atomic E-state index is 6.29. The molecule has 0 radical (unpaired) electrons. The largest absolute Gasteiger partial charge is 0.326 e. The van der Waals surface area contributed by atoms with E-state index in [0.717, 1.165) is 20.9 Å². The average Bonchev–Trinajstić information content (AvgIpc) is 2.47. The molecule has 0 bridgehead atoms. The molecular weight excluding hydrogens is 356 g/mol. The van der Waals surface area contributed by atoms with Gasteiger partial charge in [0.25, 0.3) is 0 Å². The minimum Gasteiger partial charge on any atom is -0.326 e. The first-order chi connectivity index (χ1) is 9.61. The number of thioether (sulfide) groups is 1. The second-order valence-corrected chi connectivity index (χ2v) is 6.87. The van der Waals surface area contributed by atoms with Gasteiger partial charge in [0.1, 0.15) is 5.03 Å². The molecule has 2 N–H and O–H groups in total. The van der Waals surface area contributed by atoms with Gasteiger partial charge < -0.3 is 5.73 Å². The molecule has 0 saturated carbocycles. The molecule has 2 rings (SSSR count). The van der Waals surface area contributed by atoms with Crippen molar-refractivity contribution in [1.29, 1.82) is 0 Å². The van der Waals surface area contributed by atoms with Crippen molar-refractivity contribution in [2.24, 2.45) is 5.73 Å². The number of nitrogens with two attached hydrogens (primary N) is 1. The Bertz CT molecular complexity index is 562. The summed E-state index contributed by atoms with van der Waals surface area (Å²) < 4.78 is 0.993. The van der Waals surface area contributed by atoms with Crippen LogP contribution in [-0.4, -0.2) is 11.0 Å². The molecule has 106 valence electrons. The zero-order valence-corrected chi connectivity index (χ0v) is 14.3. The van der Waals surface area contributed by atoms with Crippen LogP contribution >= 0.6 is 39.3 Å². The Morgan fingerprint density at radius 3 is 2.60 bits per heavy atom. The third-order valence-electron chi connectivity index (χ3n) is 3.02. The minimum atomic E-state index is 0.0649. The van der Waals surface area contributed by atoms with Crippen LogP contribution in [0.4, 0.5) is 0 Å². The lowest BCUT2D eigenvalue weighted by Crippen LogP contribution is -2.25. The Labute approximate surface area is 137 Å². The molecule has 2 nitrogen and oxygen atoms in total. The van der Waals surface area contributed by atoms with E-state index in [2.05, 4.69) is 27.8 Å². The molecule has 0 amide bonds. The molecule has 5 heteroatoms. The third kappa shape index (κ3) is 3.98. The zero-order valence-electron chi connectivity index (χ0n) is 11.1. The molecule has 0 aliphatic heterocycles. The fraction of sp³-hybridized carbons (Fsp3) is 0.267. The Hall–Kier alpha value is -0.550. The summed E-state index contributed by atoms with van der Waals surface area (Å²) in [5.74, 6) is 0. The smallest absolute Gasteiger partial charge is 0.111 e. The summed E-state index contributed by atoms with van der Waals surface area (Å²) >= 11 is 11.2. The molecule has 0 aliphatic rings. The molecule has 0 spiro atoms. The van der Waals surface area contributed by atoms with Crippen molar-refractivity contribution < 1.29 is 0 Å². The number of rotatable bonds is 5. The highest BCUT2D eigenvalue weighted by Gasteiger charge is 2.21. The van der Waals surface area contributed by atoms with Crippen molar-refractivity contribution in [2.75, 3.05) is 0 Å². The van der Waals surface area contributed by atoms with E-state index in [0.29, 0.717) is 0 Å². The molecule has 0 saturated heterocycles. The van der Waals surface area contributed by atoms with Crippen molar-refractivity contribution >= 4 is 39.3 Å². The zero-order chi connectivity index (χ0) is 14.5. The molecule has 1 aromatic heterocycles. The molecular formula is C15H16BrClN2S. The predicted molar refractivity (Wildman–Crippen MR) is 90.3 cm³/mol. The lowest BCUT2D eigenvalue weighted by atomic mass is 10.0. The SMILES string of the molecule is CCC(N)C(Sc1ncccc1Br)c1ccc(Cl)cc1. The van der Waals surface area contributed by atoms with Crippen LogP contribution in [0.1, 0.15) is 24.2 Å². The van der Waals surface area contributed by atoms with Gasteiger partial charge in [0, 0.05) is 21.7 Å². The van der Waals surface area contributed by atoms with Gasteiger partial charge in [-0.25, -0.2) is 4.98 Å². The highest BCUT2D eigenvalue weighted by Crippen LogP contribution is 2.40. The number of hydrogen-bond donors (Lipinski definition) is 1. The standard InChI is InChI=1S/C15H16BrClN2S/c1-2-13(18)14(10-5-7-11(17)8-6-10)20-15-12(16)4-3-9-19-15/h3-9,13-14H,2,18H2,1H3. The molecule has 2 atom stereocenters. The van der Waals surface area contributed by atoms with Gasteiger partial charge in [0.2, 0.25) is 0 Å². The highest BCUT2D eigenvalue weighted by molar-refractivity contribution is 9.10. The first kappa shape index (κ1) is 15.8. The van der Waals surface area contributed by atoms with E-state index in [4.69, 9.17) is 17.3 Å². The Balaban J connectivity index is 2.29. The normalized spacial score (nSPS) is 14.0. The van der Waals surface area contributed by atoms with Crippen molar-refractivity contribution in [1.82, 2.24) is 4.98 Å². The highest BCUT2D eigenvalue weighted by atomic mass is 79.9. The molecule has 0 fully saturated rings.